The monoisotopic (exact) mass is 818 g/mol. The van der Waals surface area contributed by atoms with E-state index in [4.69, 9.17) is 0 Å². The Bertz CT molecular complexity index is 3520. The van der Waals surface area contributed by atoms with Gasteiger partial charge in [-0.05, 0) is 132 Å². The van der Waals surface area contributed by atoms with Crippen LogP contribution in [0.3, 0.4) is 0 Å². The number of fused-ring (bicyclic) bond motifs is 18. The van der Waals surface area contributed by atoms with E-state index >= 15 is 0 Å². The summed E-state index contributed by atoms with van der Waals surface area (Å²) in [5.41, 5.74) is 28.0. The Hall–Kier alpha value is -5.28. The summed E-state index contributed by atoms with van der Waals surface area (Å²) in [6, 6.07) is 37.1. The highest BCUT2D eigenvalue weighted by molar-refractivity contribution is 6.89. The lowest BCUT2D eigenvalue weighted by atomic mass is 9.45. The smallest absolute Gasteiger partial charge is 0.332 e. The predicted molar refractivity (Wildman–Crippen MR) is 268 cm³/mol. The first-order valence-corrected chi connectivity index (χ1v) is 24.1. The van der Waals surface area contributed by atoms with Gasteiger partial charge in [0.2, 0.25) is 0 Å². The van der Waals surface area contributed by atoms with Gasteiger partial charge in [-0.25, -0.2) is 0 Å². The molecule has 14 rings (SSSR count). The second-order valence-electron chi connectivity index (χ2n) is 24.6. The zero-order valence-electron chi connectivity index (χ0n) is 39.5. The molecule has 0 bridgehead atoms. The van der Waals surface area contributed by atoms with Gasteiger partial charge in [0.15, 0.2) is 0 Å². The summed E-state index contributed by atoms with van der Waals surface area (Å²) in [6.45, 7) is 30.0. The zero-order valence-corrected chi connectivity index (χ0v) is 39.5. The molecule has 4 aliphatic carbocycles. The lowest BCUT2D eigenvalue weighted by Crippen LogP contribution is -2.56. The van der Waals surface area contributed by atoms with E-state index in [9.17, 15) is 0 Å². The van der Waals surface area contributed by atoms with Gasteiger partial charge in [0.05, 0.1) is 11.2 Å². The van der Waals surface area contributed by atoms with Crippen molar-refractivity contribution in [3.05, 3.63) is 136 Å². The van der Waals surface area contributed by atoms with Gasteiger partial charge in [0, 0.05) is 60.6 Å². The molecule has 4 heterocycles. The van der Waals surface area contributed by atoms with Crippen LogP contribution >= 0.6 is 0 Å². The van der Waals surface area contributed by atoms with Crippen molar-refractivity contribution in [2.75, 3.05) is 0 Å². The van der Waals surface area contributed by atoms with E-state index in [1.54, 1.807) is 22.3 Å². The van der Waals surface area contributed by atoms with Crippen LogP contribution in [0.2, 0.25) is 0 Å². The highest BCUT2D eigenvalue weighted by atomic mass is 15.1. The van der Waals surface area contributed by atoms with Crippen molar-refractivity contribution in [3.8, 4) is 39.1 Å². The summed E-state index contributed by atoms with van der Waals surface area (Å²) in [7, 11) is 0. The van der Waals surface area contributed by atoms with Gasteiger partial charge in [0.1, 0.15) is 0 Å². The normalized spacial score (nSPS) is 20.9. The Morgan fingerprint density at radius 2 is 0.921 bits per heavy atom. The van der Waals surface area contributed by atoms with Crippen LogP contribution in [0.1, 0.15) is 154 Å². The molecule has 0 saturated carbocycles. The fraction of sp³-hybridized carbons (Fsp3) is 0.367. The molecule has 0 spiro atoms. The van der Waals surface area contributed by atoms with E-state index < -0.39 is 0 Å². The Kier molecular flexibility index (Phi) is 6.36. The SMILES string of the molecule is CC1(C)CCC(C)(C)c2cc3c(cc21)-c1c(n2c4c(cccc14)-c1cc4ccccc4c4c1B2c1cccc2c5c(n-4c12)C(C)(C)c1cc2c(cc1-5)C(C)(C)CCC2(C)C)C3(C)C. The minimum absolute atomic E-state index is 0.0360. The van der Waals surface area contributed by atoms with Crippen molar-refractivity contribution in [2.45, 2.75) is 141 Å². The average Bonchev–Trinajstić information content (AvgIpc) is 3.92. The van der Waals surface area contributed by atoms with Crippen molar-refractivity contribution in [1.82, 2.24) is 9.05 Å². The Morgan fingerprint density at radius 1 is 0.429 bits per heavy atom. The standard InChI is InChI=1S/C60H59BN2/c1-55(2)23-25-57(5,6)44-30-40-38(28-42(44)55)47-36-21-16-22-46-51(36)62(53(47)59(40,9)10)52-33-18-14-13-17-32(33)27-37-34-19-15-20-35-48-39-29-43-45(58(7,8)26-24-56(43,3)4)31-41(39)60(11,12)54(48)63(50(34)35)61(46)49(37)52/h13-22,27-31H,23-26H2,1-12H3. The minimum atomic E-state index is -0.205. The Balaban J connectivity index is 1.13. The van der Waals surface area contributed by atoms with Gasteiger partial charge in [-0.3, -0.25) is 0 Å². The summed E-state index contributed by atoms with van der Waals surface area (Å²) >= 11 is 0. The first-order valence-electron chi connectivity index (χ1n) is 24.1. The van der Waals surface area contributed by atoms with Gasteiger partial charge < -0.3 is 9.05 Å². The van der Waals surface area contributed by atoms with Gasteiger partial charge in [-0.1, -0.05) is 156 Å². The number of para-hydroxylation sites is 2. The summed E-state index contributed by atoms with van der Waals surface area (Å²) < 4.78 is 5.69. The van der Waals surface area contributed by atoms with Crippen LogP contribution in [0.5, 0.6) is 0 Å². The van der Waals surface area contributed by atoms with Crippen molar-refractivity contribution < 1.29 is 0 Å². The van der Waals surface area contributed by atoms with Crippen molar-refractivity contribution in [3.63, 3.8) is 0 Å². The molecule has 0 radical (unpaired) electrons. The van der Waals surface area contributed by atoms with Crippen LogP contribution < -0.4 is 10.9 Å². The van der Waals surface area contributed by atoms with E-state index in [1.165, 1.54) is 131 Å². The third-order valence-corrected chi connectivity index (χ3v) is 18.5. The van der Waals surface area contributed by atoms with Crippen LogP contribution in [0.15, 0.2) is 91.0 Å². The molecule has 0 atom stereocenters. The van der Waals surface area contributed by atoms with E-state index in [1.807, 2.05) is 0 Å². The summed E-state index contributed by atoms with van der Waals surface area (Å²) in [5.74, 6) is 0. The third kappa shape index (κ3) is 4.09. The number of nitrogens with zero attached hydrogens (tertiary/aromatic N) is 2. The van der Waals surface area contributed by atoms with E-state index in [0.717, 1.165) is 0 Å². The molecule has 8 aromatic rings. The highest BCUT2D eigenvalue weighted by Crippen LogP contribution is 2.61. The molecule has 0 unspecified atom stereocenters. The fourth-order valence-electron chi connectivity index (χ4n) is 14.8. The van der Waals surface area contributed by atoms with Crippen LogP contribution in [0, 0.1) is 0 Å². The van der Waals surface area contributed by atoms with Crippen molar-refractivity contribution >= 4 is 50.4 Å². The molecule has 0 amide bonds. The maximum Gasteiger partial charge on any atom is 0.332 e. The molecule has 312 valence electrons. The van der Waals surface area contributed by atoms with Crippen molar-refractivity contribution in [1.29, 1.82) is 0 Å². The molecule has 3 heteroatoms. The molecule has 63 heavy (non-hydrogen) atoms. The molecular weight excluding hydrogens is 759 g/mol. The Labute approximate surface area is 373 Å². The second-order valence-corrected chi connectivity index (χ2v) is 24.6. The second kappa shape index (κ2) is 10.8. The van der Waals surface area contributed by atoms with E-state index in [-0.39, 0.29) is 39.3 Å². The lowest BCUT2D eigenvalue weighted by molar-refractivity contribution is 0.331. The summed E-state index contributed by atoms with van der Waals surface area (Å²) in [4.78, 5) is 0. The predicted octanol–water partition coefficient (Wildman–Crippen LogP) is 14.0. The summed E-state index contributed by atoms with van der Waals surface area (Å²) in [6.07, 6.45) is 4.88. The van der Waals surface area contributed by atoms with Crippen LogP contribution in [-0.2, 0) is 32.5 Å². The quantitative estimate of drug-likeness (QED) is 0.135. The third-order valence-electron chi connectivity index (χ3n) is 18.5. The van der Waals surface area contributed by atoms with Gasteiger partial charge in [-0.2, -0.15) is 0 Å². The van der Waals surface area contributed by atoms with Crippen molar-refractivity contribution in [2.24, 2.45) is 0 Å². The number of hydrogen-bond acceptors (Lipinski definition) is 0. The molecule has 2 aromatic heterocycles. The first-order chi connectivity index (χ1) is 29.8. The van der Waals surface area contributed by atoms with Crippen LogP contribution in [-0.4, -0.2) is 15.9 Å². The molecule has 6 aromatic carbocycles. The molecule has 2 aliphatic heterocycles. The van der Waals surface area contributed by atoms with Crippen LogP contribution in [0.4, 0.5) is 0 Å². The molecular formula is C60H59BN2. The maximum atomic E-state index is 2.88. The molecule has 2 nitrogen and oxygen atoms in total. The summed E-state index contributed by atoms with van der Waals surface area (Å²) in [5, 5.41) is 5.48. The molecule has 0 saturated heterocycles. The topological polar surface area (TPSA) is 9.86 Å². The number of benzene rings is 6. The van der Waals surface area contributed by atoms with Gasteiger partial charge in [-0.15, -0.1) is 0 Å². The number of hydrogen-bond donors (Lipinski definition) is 0. The lowest BCUT2D eigenvalue weighted by Gasteiger charge is -2.43. The maximum absolute atomic E-state index is 2.88. The zero-order chi connectivity index (χ0) is 43.4. The molecule has 0 N–H and O–H groups in total. The highest BCUT2D eigenvalue weighted by Gasteiger charge is 2.52. The van der Waals surface area contributed by atoms with E-state index in [2.05, 4.69) is 183 Å². The van der Waals surface area contributed by atoms with Gasteiger partial charge >= 0.3 is 6.85 Å². The van der Waals surface area contributed by atoms with Gasteiger partial charge in [0.25, 0.3) is 0 Å². The average molecular weight is 819 g/mol. The van der Waals surface area contributed by atoms with E-state index in [0.29, 0.717) is 0 Å². The number of aromatic nitrogens is 2. The largest absolute Gasteiger partial charge is 0.378 e. The Morgan fingerprint density at radius 3 is 1.52 bits per heavy atom. The number of rotatable bonds is 0. The fourth-order valence-corrected chi connectivity index (χ4v) is 14.8. The van der Waals surface area contributed by atoms with Crippen LogP contribution in [0.25, 0.3) is 71.6 Å². The minimum Gasteiger partial charge on any atom is -0.378 e. The molecule has 0 fully saturated rings. The first kappa shape index (κ1) is 37.1. The molecule has 6 aliphatic rings.